The van der Waals surface area contributed by atoms with Crippen LogP contribution in [0.1, 0.15) is 0 Å². The normalized spacial score (nSPS) is 18.8. The highest BCUT2D eigenvalue weighted by molar-refractivity contribution is 5.99. The number of hydrogen-bond donors (Lipinski definition) is 0. The van der Waals surface area contributed by atoms with E-state index in [4.69, 9.17) is 15.0 Å². The number of aromatic nitrogens is 2. The summed E-state index contributed by atoms with van der Waals surface area (Å²) in [5.41, 5.74) is 9.34. The van der Waals surface area contributed by atoms with E-state index in [1.165, 1.54) is 18.3 Å². The summed E-state index contributed by atoms with van der Waals surface area (Å²) in [7, 11) is 3.50. The third kappa shape index (κ3) is 2.39. The van der Waals surface area contributed by atoms with Gasteiger partial charge in [0.25, 0.3) is 0 Å². The SMILES string of the molecule is COc1cc2ncnc(N=[N+]=[N-])c2cc1N1CC2(CN(C)C2)OC1=O. The molecule has 25 heavy (non-hydrogen) atoms. The molecule has 2 aromatic rings. The first kappa shape index (κ1) is 15.4. The minimum Gasteiger partial charge on any atom is -0.494 e. The van der Waals surface area contributed by atoms with Crippen molar-refractivity contribution in [3.8, 4) is 5.75 Å². The Morgan fingerprint density at radius 1 is 1.36 bits per heavy atom. The highest BCUT2D eigenvalue weighted by Gasteiger charge is 2.53. The highest BCUT2D eigenvalue weighted by Crippen LogP contribution is 2.40. The second-order valence-electron chi connectivity index (χ2n) is 6.24. The minimum absolute atomic E-state index is 0.196. The van der Waals surface area contributed by atoms with Gasteiger partial charge in [-0.2, -0.15) is 0 Å². The molecule has 10 heteroatoms. The van der Waals surface area contributed by atoms with Gasteiger partial charge >= 0.3 is 6.09 Å². The predicted octanol–water partition coefficient (Wildman–Crippen LogP) is 2.22. The molecular weight excluding hydrogens is 326 g/mol. The molecule has 1 spiro atoms. The molecule has 1 aromatic carbocycles. The number of methoxy groups -OCH3 is 1. The Kier molecular flexibility index (Phi) is 3.38. The Labute approximate surface area is 142 Å². The summed E-state index contributed by atoms with van der Waals surface area (Å²) in [5.74, 6) is 0.682. The van der Waals surface area contributed by atoms with Crippen molar-refractivity contribution in [2.75, 3.05) is 38.7 Å². The first-order valence-corrected chi connectivity index (χ1v) is 7.62. The number of carbonyl (C=O) groups is 1. The summed E-state index contributed by atoms with van der Waals surface area (Å²) in [6.07, 6.45) is 0.891. The number of hydrogen-bond acceptors (Lipinski definition) is 7. The third-order valence-electron chi connectivity index (χ3n) is 4.43. The Bertz CT molecular complexity index is 919. The lowest BCUT2D eigenvalue weighted by Gasteiger charge is -2.43. The number of likely N-dealkylation sites (N-methyl/N-ethyl adjacent to an activating group) is 1. The first-order chi connectivity index (χ1) is 12.0. The molecule has 3 heterocycles. The van der Waals surface area contributed by atoms with Crippen LogP contribution in [0.5, 0.6) is 5.75 Å². The zero-order valence-electron chi connectivity index (χ0n) is 13.7. The molecule has 128 valence electrons. The number of amides is 1. The number of rotatable bonds is 3. The zero-order valence-corrected chi connectivity index (χ0v) is 13.7. The predicted molar refractivity (Wildman–Crippen MR) is 89.0 cm³/mol. The molecule has 1 aromatic heterocycles. The number of fused-ring (bicyclic) bond motifs is 1. The van der Waals surface area contributed by atoms with Gasteiger partial charge in [0, 0.05) is 29.5 Å². The molecule has 2 aliphatic heterocycles. The van der Waals surface area contributed by atoms with Crippen LogP contribution >= 0.6 is 0 Å². The topological polar surface area (TPSA) is 117 Å². The van der Waals surface area contributed by atoms with Crippen molar-refractivity contribution in [3.63, 3.8) is 0 Å². The molecule has 0 radical (unpaired) electrons. The van der Waals surface area contributed by atoms with Crippen LogP contribution in [-0.2, 0) is 4.74 Å². The van der Waals surface area contributed by atoms with Crippen LogP contribution < -0.4 is 9.64 Å². The average molecular weight is 341 g/mol. The van der Waals surface area contributed by atoms with Gasteiger partial charge in [-0.1, -0.05) is 0 Å². The smallest absolute Gasteiger partial charge is 0.415 e. The fraction of sp³-hybridized carbons (Fsp3) is 0.400. The van der Waals surface area contributed by atoms with Gasteiger partial charge in [0.15, 0.2) is 5.60 Å². The molecular formula is C15H15N7O3. The van der Waals surface area contributed by atoms with Gasteiger partial charge in [0.05, 0.1) is 24.9 Å². The second kappa shape index (κ2) is 5.47. The molecule has 0 unspecified atom stereocenters. The van der Waals surface area contributed by atoms with Crippen molar-refractivity contribution in [2.24, 2.45) is 5.11 Å². The molecule has 4 rings (SSSR count). The maximum absolute atomic E-state index is 12.4. The molecule has 2 saturated heterocycles. The lowest BCUT2D eigenvalue weighted by atomic mass is 9.95. The van der Waals surface area contributed by atoms with Crippen molar-refractivity contribution in [1.82, 2.24) is 14.9 Å². The number of benzene rings is 1. The Morgan fingerprint density at radius 2 is 2.16 bits per heavy atom. The summed E-state index contributed by atoms with van der Waals surface area (Å²) >= 11 is 0. The number of likely N-dealkylation sites (tertiary alicyclic amines) is 1. The molecule has 1 amide bonds. The van der Waals surface area contributed by atoms with Gasteiger partial charge in [0.2, 0.25) is 0 Å². The highest BCUT2D eigenvalue weighted by atomic mass is 16.6. The average Bonchev–Trinajstić information content (AvgIpc) is 2.91. The van der Waals surface area contributed by atoms with Crippen LogP contribution in [0, 0.1) is 0 Å². The van der Waals surface area contributed by atoms with E-state index in [2.05, 4.69) is 24.9 Å². The summed E-state index contributed by atoms with van der Waals surface area (Å²) in [5, 5.41) is 4.13. The van der Waals surface area contributed by atoms with Crippen LogP contribution in [-0.4, -0.2) is 60.4 Å². The number of carbonyl (C=O) groups excluding carboxylic acids is 1. The van der Waals surface area contributed by atoms with Gasteiger partial charge in [-0.25, -0.2) is 14.8 Å². The molecule has 2 aliphatic rings. The maximum Gasteiger partial charge on any atom is 0.415 e. The minimum atomic E-state index is -0.480. The molecule has 0 bridgehead atoms. The van der Waals surface area contributed by atoms with Gasteiger partial charge in [-0.05, 0) is 23.8 Å². The van der Waals surface area contributed by atoms with Crippen molar-refractivity contribution >= 4 is 28.5 Å². The Hall–Kier alpha value is -3.10. The van der Waals surface area contributed by atoms with E-state index in [-0.39, 0.29) is 5.82 Å². The molecule has 0 saturated carbocycles. The standard InChI is InChI=1S/C15H15N7O3/c1-21-5-15(6-21)7-22(14(23)25-15)11-3-9-10(4-12(11)24-2)17-8-18-13(9)19-20-16/h3-4,8H,5-7H2,1-2H3. The number of azide groups is 1. The van der Waals surface area contributed by atoms with Crippen LogP contribution in [0.25, 0.3) is 21.3 Å². The van der Waals surface area contributed by atoms with E-state index in [0.29, 0.717) is 42.0 Å². The fourth-order valence-corrected chi connectivity index (χ4v) is 3.47. The molecule has 0 atom stereocenters. The van der Waals surface area contributed by atoms with Crippen molar-refractivity contribution in [2.45, 2.75) is 5.60 Å². The summed E-state index contributed by atoms with van der Waals surface area (Å²) in [6, 6.07) is 3.38. The van der Waals surface area contributed by atoms with E-state index in [0.717, 1.165) is 0 Å². The van der Waals surface area contributed by atoms with Gasteiger partial charge < -0.3 is 9.47 Å². The number of nitrogens with zero attached hydrogens (tertiary/aromatic N) is 7. The largest absolute Gasteiger partial charge is 0.494 e. The van der Waals surface area contributed by atoms with Gasteiger partial charge in [0.1, 0.15) is 17.9 Å². The van der Waals surface area contributed by atoms with Crippen molar-refractivity contribution in [1.29, 1.82) is 0 Å². The van der Waals surface area contributed by atoms with E-state index in [1.54, 1.807) is 12.1 Å². The molecule has 2 fully saturated rings. The van der Waals surface area contributed by atoms with E-state index >= 15 is 0 Å². The Balaban J connectivity index is 1.82. The maximum atomic E-state index is 12.4. The molecule has 0 aliphatic carbocycles. The van der Waals surface area contributed by atoms with Crippen LogP contribution in [0.4, 0.5) is 16.3 Å². The first-order valence-electron chi connectivity index (χ1n) is 7.62. The van der Waals surface area contributed by atoms with Crippen LogP contribution in [0.2, 0.25) is 0 Å². The van der Waals surface area contributed by atoms with Crippen molar-refractivity contribution in [3.05, 3.63) is 28.9 Å². The van der Waals surface area contributed by atoms with E-state index < -0.39 is 11.7 Å². The zero-order chi connectivity index (χ0) is 17.6. The summed E-state index contributed by atoms with van der Waals surface area (Å²) in [4.78, 5) is 27.0. The lowest BCUT2D eigenvalue weighted by molar-refractivity contribution is -0.0599. The second-order valence-corrected chi connectivity index (χ2v) is 6.24. The number of anilines is 1. The molecule has 0 N–H and O–H groups in total. The van der Waals surface area contributed by atoms with Gasteiger partial charge in [-0.15, -0.1) is 0 Å². The quantitative estimate of drug-likeness (QED) is 0.480. The van der Waals surface area contributed by atoms with E-state index in [1.807, 2.05) is 7.05 Å². The van der Waals surface area contributed by atoms with Crippen LogP contribution in [0.3, 0.4) is 0 Å². The van der Waals surface area contributed by atoms with Crippen LogP contribution in [0.15, 0.2) is 23.6 Å². The molecule has 10 nitrogen and oxygen atoms in total. The summed E-state index contributed by atoms with van der Waals surface area (Å²) in [6.45, 7) is 1.82. The lowest BCUT2D eigenvalue weighted by Crippen LogP contribution is -2.62. The number of ether oxygens (including phenoxy) is 2. The fourth-order valence-electron chi connectivity index (χ4n) is 3.47. The third-order valence-corrected chi connectivity index (χ3v) is 4.43. The van der Waals surface area contributed by atoms with Gasteiger partial charge in [-0.3, -0.25) is 9.80 Å². The summed E-state index contributed by atoms with van der Waals surface area (Å²) < 4.78 is 11.0. The van der Waals surface area contributed by atoms with Crippen molar-refractivity contribution < 1.29 is 14.3 Å². The van der Waals surface area contributed by atoms with E-state index in [9.17, 15) is 4.79 Å². The Morgan fingerprint density at radius 3 is 2.84 bits per heavy atom. The monoisotopic (exact) mass is 341 g/mol.